The monoisotopic (exact) mass is 274 g/mol. The Morgan fingerprint density at radius 2 is 2.05 bits per heavy atom. The SMILES string of the molecule is CCNc1cc(N2CCCC(C)CC2)nc(C2CC2)n1. The van der Waals surface area contributed by atoms with Crippen molar-refractivity contribution in [2.45, 2.75) is 51.9 Å². The maximum atomic E-state index is 4.84. The minimum atomic E-state index is 0.609. The number of hydrogen-bond donors (Lipinski definition) is 1. The van der Waals surface area contributed by atoms with Crippen LogP contribution in [0.5, 0.6) is 0 Å². The lowest BCUT2D eigenvalue weighted by atomic mass is 10.0. The minimum absolute atomic E-state index is 0.609. The van der Waals surface area contributed by atoms with Gasteiger partial charge in [-0.2, -0.15) is 0 Å². The van der Waals surface area contributed by atoms with Crippen molar-refractivity contribution in [3.63, 3.8) is 0 Å². The van der Waals surface area contributed by atoms with Crippen molar-refractivity contribution >= 4 is 11.6 Å². The van der Waals surface area contributed by atoms with Crippen LogP contribution in [0.1, 0.15) is 57.7 Å². The highest BCUT2D eigenvalue weighted by molar-refractivity contribution is 5.50. The molecular weight excluding hydrogens is 248 g/mol. The van der Waals surface area contributed by atoms with Gasteiger partial charge in [0, 0.05) is 31.6 Å². The van der Waals surface area contributed by atoms with Crippen LogP contribution < -0.4 is 10.2 Å². The zero-order chi connectivity index (χ0) is 13.9. The molecule has 20 heavy (non-hydrogen) atoms. The third kappa shape index (κ3) is 3.22. The standard InChI is InChI=1S/C16H26N4/c1-3-17-14-11-15(19-16(18-14)13-6-7-13)20-9-4-5-12(2)8-10-20/h11-13H,3-10H2,1-2H3,(H,17,18,19). The van der Waals surface area contributed by atoms with Crippen LogP contribution in [0.4, 0.5) is 11.6 Å². The fourth-order valence-electron chi connectivity index (χ4n) is 2.90. The minimum Gasteiger partial charge on any atom is -0.370 e. The van der Waals surface area contributed by atoms with Crippen molar-refractivity contribution in [2.75, 3.05) is 29.9 Å². The molecule has 1 unspecified atom stereocenters. The molecule has 1 aromatic heterocycles. The second-order valence-electron chi connectivity index (χ2n) is 6.30. The molecule has 0 spiro atoms. The van der Waals surface area contributed by atoms with Crippen molar-refractivity contribution in [1.82, 2.24) is 9.97 Å². The normalized spacial score (nSPS) is 23.5. The van der Waals surface area contributed by atoms with Crippen LogP contribution in [0.15, 0.2) is 6.07 Å². The average Bonchev–Trinajstić information content (AvgIpc) is 3.26. The van der Waals surface area contributed by atoms with E-state index in [1.807, 2.05) is 0 Å². The molecule has 1 aromatic rings. The summed E-state index contributed by atoms with van der Waals surface area (Å²) in [5, 5.41) is 3.36. The van der Waals surface area contributed by atoms with Crippen LogP contribution in [0.2, 0.25) is 0 Å². The maximum absolute atomic E-state index is 4.84. The zero-order valence-electron chi connectivity index (χ0n) is 12.7. The molecule has 1 atom stereocenters. The Morgan fingerprint density at radius 3 is 2.80 bits per heavy atom. The molecule has 2 aliphatic rings. The van der Waals surface area contributed by atoms with Gasteiger partial charge in [0.2, 0.25) is 0 Å². The van der Waals surface area contributed by atoms with Crippen LogP contribution in [0.25, 0.3) is 0 Å². The number of anilines is 2. The van der Waals surface area contributed by atoms with Gasteiger partial charge < -0.3 is 10.2 Å². The summed E-state index contributed by atoms with van der Waals surface area (Å²) in [5.41, 5.74) is 0. The third-order valence-electron chi connectivity index (χ3n) is 4.37. The van der Waals surface area contributed by atoms with E-state index in [2.05, 4.69) is 35.1 Å². The second kappa shape index (κ2) is 5.98. The van der Waals surface area contributed by atoms with E-state index >= 15 is 0 Å². The van der Waals surface area contributed by atoms with E-state index < -0.39 is 0 Å². The number of rotatable bonds is 4. The summed E-state index contributed by atoms with van der Waals surface area (Å²) >= 11 is 0. The van der Waals surface area contributed by atoms with E-state index in [1.165, 1.54) is 32.1 Å². The van der Waals surface area contributed by atoms with E-state index in [1.54, 1.807) is 0 Å². The molecule has 2 heterocycles. The summed E-state index contributed by atoms with van der Waals surface area (Å²) in [7, 11) is 0. The van der Waals surface area contributed by atoms with E-state index in [4.69, 9.17) is 4.98 Å². The first-order chi connectivity index (χ1) is 9.76. The van der Waals surface area contributed by atoms with Gasteiger partial charge in [-0.25, -0.2) is 9.97 Å². The fraction of sp³-hybridized carbons (Fsp3) is 0.750. The van der Waals surface area contributed by atoms with Crippen molar-refractivity contribution in [2.24, 2.45) is 5.92 Å². The van der Waals surface area contributed by atoms with Gasteiger partial charge in [-0.1, -0.05) is 6.92 Å². The van der Waals surface area contributed by atoms with Gasteiger partial charge in [0.15, 0.2) is 0 Å². The van der Waals surface area contributed by atoms with Crippen LogP contribution in [0.3, 0.4) is 0 Å². The van der Waals surface area contributed by atoms with Crippen molar-refractivity contribution in [1.29, 1.82) is 0 Å². The van der Waals surface area contributed by atoms with Gasteiger partial charge in [0.25, 0.3) is 0 Å². The smallest absolute Gasteiger partial charge is 0.136 e. The molecule has 2 fully saturated rings. The Balaban J connectivity index is 1.82. The Bertz CT molecular complexity index is 456. The highest BCUT2D eigenvalue weighted by atomic mass is 15.2. The predicted octanol–water partition coefficient (Wildman–Crippen LogP) is 3.41. The highest BCUT2D eigenvalue weighted by Gasteiger charge is 2.28. The number of nitrogens with one attached hydrogen (secondary N) is 1. The highest BCUT2D eigenvalue weighted by Crippen LogP contribution is 2.39. The van der Waals surface area contributed by atoms with E-state index in [-0.39, 0.29) is 0 Å². The molecule has 1 N–H and O–H groups in total. The number of aromatic nitrogens is 2. The van der Waals surface area contributed by atoms with Gasteiger partial charge >= 0.3 is 0 Å². The average molecular weight is 274 g/mol. The number of hydrogen-bond acceptors (Lipinski definition) is 4. The topological polar surface area (TPSA) is 41.0 Å². The van der Waals surface area contributed by atoms with Gasteiger partial charge in [-0.3, -0.25) is 0 Å². The van der Waals surface area contributed by atoms with Crippen molar-refractivity contribution < 1.29 is 0 Å². The molecule has 1 saturated carbocycles. The van der Waals surface area contributed by atoms with Gasteiger partial charge in [0.1, 0.15) is 17.5 Å². The molecule has 1 saturated heterocycles. The Labute approximate surface area is 122 Å². The van der Waals surface area contributed by atoms with Crippen molar-refractivity contribution in [3.8, 4) is 0 Å². The molecule has 4 heteroatoms. The van der Waals surface area contributed by atoms with E-state index in [9.17, 15) is 0 Å². The van der Waals surface area contributed by atoms with Crippen molar-refractivity contribution in [3.05, 3.63) is 11.9 Å². The second-order valence-corrected chi connectivity index (χ2v) is 6.30. The quantitative estimate of drug-likeness (QED) is 0.913. The molecule has 3 rings (SSSR count). The molecule has 0 amide bonds. The fourth-order valence-corrected chi connectivity index (χ4v) is 2.90. The molecule has 0 aromatic carbocycles. The molecule has 4 nitrogen and oxygen atoms in total. The summed E-state index contributed by atoms with van der Waals surface area (Å²) in [6, 6.07) is 2.13. The van der Waals surface area contributed by atoms with E-state index in [0.29, 0.717) is 5.92 Å². The first-order valence-electron chi connectivity index (χ1n) is 8.14. The Hall–Kier alpha value is -1.32. The Morgan fingerprint density at radius 1 is 1.20 bits per heavy atom. The lowest BCUT2D eigenvalue weighted by Gasteiger charge is -2.22. The summed E-state index contributed by atoms with van der Waals surface area (Å²) in [6.45, 7) is 7.66. The first-order valence-corrected chi connectivity index (χ1v) is 8.14. The molecule has 1 aliphatic heterocycles. The Kier molecular flexibility index (Phi) is 4.08. The summed E-state index contributed by atoms with van der Waals surface area (Å²) in [5.74, 6) is 4.63. The molecule has 0 bridgehead atoms. The zero-order valence-corrected chi connectivity index (χ0v) is 12.7. The summed E-state index contributed by atoms with van der Waals surface area (Å²) in [6.07, 6.45) is 6.41. The van der Waals surface area contributed by atoms with Crippen LogP contribution in [-0.2, 0) is 0 Å². The maximum Gasteiger partial charge on any atom is 0.136 e. The third-order valence-corrected chi connectivity index (χ3v) is 4.37. The van der Waals surface area contributed by atoms with Gasteiger partial charge in [-0.05, 0) is 44.9 Å². The predicted molar refractivity (Wildman–Crippen MR) is 83.4 cm³/mol. The molecular formula is C16H26N4. The molecule has 1 aliphatic carbocycles. The van der Waals surface area contributed by atoms with Crippen LogP contribution in [0, 0.1) is 5.92 Å². The number of nitrogens with zero attached hydrogens (tertiary/aromatic N) is 3. The molecule has 0 radical (unpaired) electrons. The lowest BCUT2D eigenvalue weighted by Crippen LogP contribution is -2.26. The van der Waals surface area contributed by atoms with Gasteiger partial charge in [-0.15, -0.1) is 0 Å². The molecule has 110 valence electrons. The first kappa shape index (κ1) is 13.7. The lowest BCUT2D eigenvalue weighted by molar-refractivity contribution is 0.521. The van der Waals surface area contributed by atoms with Gasteiger partial charge in [0.05, 0.1) is 0 Å². The van der Waals surface area contributed by atoms with Crippen LogP contribution >= 0.6 is 0 Å². The summed E-state index contributed by atoms with van der Waals surface area (Å²) in [4.78, 5) is 12.0. The largest absolute Gasteiger partial charge is 0.370 e. The van der Waals surface area contributed by atoms with E-state index in [0.717, 1.165) is 43.0 Å². The summed E-state index contributed by atoms with van der Waals surface area (Å²) < 4.78 is 0. The van der Waals surface area contributed by atoms with Crippen LogP contribution in [-0.4, -0.2) is 29.6 Å².